The first kappa shape index (κ1) is 15.0. The molecule has 3 rings (SSSR count). The predicted molar refractivity (Wildman–Crippen MR) is 83.8 cm³/mol. The maximum absolute atomic E-state index is 13.6. The summed E-state index contributed by atoms with van der Waals surface area (Å²) in [5, 5.41) is 6.87. The first-order chi connectivity index (χ1) is 11.2. The molecule has 0 atom stereocenters. The number of halogens is 1. The highest BCUT2D eigenvalue weighted by molar-refractivity contribution is 6.01. The topological polar surface area (TPSA) is 60.1 Å². The summed E-state index contributed by atoms with van der Waals surface area (Å²) in [4.78, 5) is 12.1. The van der Waals surface area contributed by atoms with Gasteiger partial charge in [0, 0.05) is 24.2 Å². The maximum atomic E-state index is 13.6. The van der Waals surface area contributed by atoms with Gasteiger partial charge in [0.15, 0.2) is 11.6 Å². The van der Waals surface area contributed by atoms with E-state index in [9.17, 15) is 9.18 Å². The molecule has 118 valence electrons. The van der Waals surface area contributed by atoms with Crippen molar-refractivity contribution in [2.45, 2.75) is 19.9 Å². The Morgan fingerprint density at radius 2 is 2.09 bits per heavy atom. The highest BCUT2D eigenvalue weighted by Crippen LogP contribution is 2.13. The van der Waals surface area contributed by atoms with Crippen LogP contribution in [0.2, 0.25) is 0 Å². The first-order valence-corrected chi connectivity index (χ1v) is 7.32. The molecule has 1 N–H and O–H groups in total. The predicted octanol–water partition coefficient (Wildman–Crippen LogP) is 3.48. The van der Waals surface area contributed by atoms with Crippen molar-refractivity contribution in [2.24, 2.45) is 0 Å². The van der Waals surface area contributed by atoms with Gasteiger partial charge in [0.1, 0.15) is 11.6 Å². The number of hydrogen-bond donors (Lipinski definition) is 1. The second kappa shape index (κ2) is 6.48. The molecule has 0 spiro atoms. The molecule has 5 nitrogen and oxygen atoms in total. The van der Waals surface area contributed by atoms with Gasteiger partial charge in [0.25, 0.3) is 5.91 Å². The maximum Gasteiger partial charge on any atom is 0.292 e. The summed E-state index contributed by atoms with van der Waals surface area (Å²) in [5.41, 5.74) is 0.534. The highest BCUT2D eigenvalue weighted by Gasteiger charge is 2.12. The molecule has 6 heteroatoms. The fourth-order valence-corrected chi connectivity index (χ4v) is 2.19. The van der Waals surface area contributed by atoms with E-state index in [0.717, 1.165) is 12.2 Å². The van der Waals surface area contributed by atoms with E-state index in [4.69, 9.17) is 4.42 Å². The molecule has 1 amide bonds. The Bertz CT molecular complexity index is 823. The SMILES string of the molecule is CCc1ccc(C(=O)Nc2ccn(Cc3ccccc3F)n2)o1. The van der Waals surface area contributed by atoms with E-state index in [2.05, 4.69) is 10.4 Å². The van der Waals surface area contributed by atoms with Crippen molar-refractivity contribution in [3.05, 3.63) is 71.6 Å². The third-order valence-corrected chi connectivity index (χ3v) is 3.41. The van der Waals surface area contributed by atoms with E-state index in [-0.39, 0.29) is 17.5 Å². The lowest BCUT2D eigenvalue weighted by molar-refractivity contribution is 0.0994. The number of carbonyl (C=O) groups excluding carboxylic acids is 1. The summed E-state index contributed by atoms with van der Waals surface area (Å²) in [6.07, 6.45) is 2.41. The number of nitrogens with one attached hydrogen (secondary N) is 1. The van der Waals surface area contributed by atoms with E-state index < -0.39 is 0 Å². The summed E-state index contributed by atoms with van der Waals surface area (Å²) in [6.45, 7) is 2.24. The van der Waals surface area contributed by atoms with Crippen LogP contribution in [-0.2, 0) is 13.0 Å². The molecule has 0 bridgehead atoms. The van der Waals surface area contributed by atoms with Gasteiger partial charge in [-0.3, -0.25) is 9.48 Å². The van der Waals surface area contributed by atoms with Crippen LogP contribution in [0.4, 0.5) is 10.2 Å². The zero-order valence-corrected chi connectivity index (χ0v) is 12.6. The van der Waals surface area contributed by atoms with Crippen LogP contribution in [0.1, 0.15) is 28.8 Å². The number of aryl methyl sites for hydroxylation is 1. The molecule has 0 unspecified atom stereocenters. The first-order valence-electron chi connectivity index (χ1n) is 7.32. The van der Waals surface area contributed by atoms with Gasteiger partial charge in [0.05, 0.1) is 6.54 Å². The molecular weight excluding hydrogens is 297 g/mol. The highest BCUT2D eigenvalue weighted by atomic mass is 19.1. The number of furan rings is 1. The molecule has 0 saturated heterocycles. The zero-order chi connectivity index (χ0) is 16.2. The largest absolute Gasteiger partial charge is 0.456 e. The lowest BCUT2D eigenvalue weighted by Crippen LogP contribution is -2.12. The van der Waals surface area contributed by atoms with Crippen LogP contribution in [0.5, 0.6) is 0 Å². The standard InChI is InChI=1S/C17H16FN3O2/c1-2-13-7-8-15(23-13)17(22)19-16-9-10-21(20-16)11-12-5-3-4-6-14(12)18/h3-10H,2,11H2,1H3,(H,19,20,22). The Morgan fingerprint density at radius 1 is 1.26 bits per heavy atom. The minimum atomic E-state index is -0.360. The smallest absolute Gasteiger partial charge is 0.292 e. The Labute approximate surface area is 132 Å². The molecule has 0 aliphatic rings. The second-order valence-corrected chi connectivity index (χ2v) is 5.06. The summed E-state index contributed by atoms with van der Waals surface area (Å²) >= 11 is 0. The third kappa shape index (κ3) is 3.48. The zero-order valence-electron chi connectivity index (χ0n) is 12.6. The molecule has 2 aromatic heterocycles. The van der Waals surface area contributed by atoms with Crippen molar-refractivity contribution in [3.8, 4) is 0 Å². The molecule has 2 heterocycles. The molecule has 1 aromatic carbocycles. The van der Waals surface area contributed by atoms with Crippen LogP contribution >= 0.6 is 0 Å². The summed E-state index contributed by atoms with van der Waals surface area (Å²) in [7, 11) is 0. The van der Waals surface area contributed by atoms with Crippen molar-refractivity contribution in [1.29, 1.82) is 0 Å². The fourth-order valence-electron chi connectivity index (χ4n) is 2.19. The molecule has 0 aliphatic carbocycles. The van der Waals surface area contributed by atoms with Crippen molar-refractivity contribution in [2.75, 3.05) is 5.32 Å². The second-order valence-electron chi connectivity index (χ2n) is 5.06. The Balaban J connectivity index is 1.67. The minimum absolute atomic E-state index is 0.241. The summed E-state index contributed by atoms with van der Waals surface area (Å²) < 4.78 is 20.6. The van der Waals surface area contributed by atoms with Crippen LogP contribution in [0.15, 0.2) is 53.1 Å². The van der Waals surface area contributed by atoms with Crippen LogP contribution in [0.3, 0.4) is 0 Å². The lowest BCUT2D eigenvalue weighted by atomic mass is 10.2. The van der Waals surface area contributed by atoms with E-state index in [1.807, 2.05) is 6.92 Å². The Hall–Kier alpha value is -2.89. The fraction of sp³-hybridized carbons (Fsp3) is 0.176. The minimum Gasteiger partial charge on any atom is -0.456 e. The van der Waals surface area contributed by atoms with Gasteiger partial charge >= 0.3 is 0 Å². The van der Waals surface area contributed by atoms with Gasteiger partial charge in [-0.1, -0.05) is 25.1 Å². The number of amides is 1. The van der Waals surface area contributed by atoms with Gasteiger partial charge in [-0.25, -0.2) is 4.39 Å². The normalized spacial score (nSPS) is 10.7. The van der Waals surface area contributed by atoms with Gasteiger partial charge in [-0.2, -0.15) is 5.10 Å². The molecule has 0 radical (unpaired) electrons. The average molecular weight is 313 g/mol. The number of hydrogen-bond acceptors (Lipinski definition) is 3. The number of benzene rings is 1. The van der Waals surface area contributed by atoms with Gasteiger partial charge in [-0.15, -0.1) is 0 Å². The molecule has 23 heavy (non-hydrogen) atoms. The van der Waals surface area contributed by atoms with Crippen LogP contribution < -0.4 is 5.32 Å². The lowest BCUT2D eigenvalue weighted by Gasteiger charge is -2.03. The van der Waals surface area contributed by atoms with E-state index in [1.54, 1.807) is 47.3 Å². The van der Waals surface area contributed by atoms with Crippen LogP contribution in [0, 0.1) is 5.82 Å². The number of rotatable bonds is 5. The van der Waals surface area contributed by atoms with E-state index in [0.29, 0.717) is 17.9 Å². The molecule has 0 saturated carbocycles. The molecule has 0 aliphatic heterocycles. The monoisotopic (exact) mass is 313 g/mol. The van der Waals surface area contributed by atoms with Crippen molar-refractivity contribution in [3.63, 3.8) is 0 Å². The van der Waals surface area contributed by atoms with Crippen molar-refractivity contribution >= 4 is 11.7 Å². The number of nitrogens with zero attached hydrogens (tertiary/aromatic N) is 2. The van der Waals surface area contributed by atoms with E-state index >= 15 is 0 Å². The molecule has 3 aromatic rings. The summed E-state index contributed by atoms with van der Waals surface area (Å²) in [6, 6.07) is 11.6. The van der Waals surface area contributed by atoms with Crippen LogP contribution in [0.25, 0.3) is 0 Å². The van der Waals surface area contributed by atoms with Gasteiger partial charge in [0.2, 0.25) is 0 Å². The van der Waals surface area contributed by atoms with Crippen molar-refractivity contribution in [1.82, 2.24) is 9.78 Å². The number of aromatic nitrogens is 2. The number of anilines is 1. The van der Waals surface area contributed by atoms with Gasteiger partial charge in [-0.05, 0) is 18.2 Å². The van der Waals surface area contributed by atoms with Gasteiger partial charge < -0.3 is 9.73 Å². The molecular formula is C17H16FN3O2. The number of carbonyl (C=O) groups is 1. The Kier molecular flexibility index (Phi) is 4.23. The van der Waals surface area contributed by atoms with E-state index in [1.165, 1.54) is 6.07 Å². The average Bonchev–Trinajstić information content (AvgIpc) is 3.19. The quantitative estimate of drug-likeness (QED) is 0.784. The Morgan fingerprint density at radius 3 is 2.83 bits per heavy atom. The van der Waals surface area contributed by atoms with Crippen LogP contribution in [-0.4, -0.2) is 15.7 Å². The third-order valence-electron chi connectivity index (χ3n) is 3.41. The summed E-state index contributed by atoms with van der Waals surface area (Å²) in [5.74, 6) is 0.739. The van der Waals surface area contributed by atoms with Crippen molar-refractivity contribution < 1.29 is 13.6 Å². The molecule has 0 fully saturated rings.